The molecule has 0 aliphatic heterocycles. The molecule has 1 atom stereocenters. The Morgan fingerprint density at radius 2 is 2.11 bits per heavy atom. The molecule has 0 radical (unpaired) electrons. The summed E-state index contributed by atoms with van der Waals surface area (Å²) in [6, 6.07) is 9.95. The van der Waals surface area contributed by atoms with Crippen molar-refractivity contribution in [1.82, 2.24) is 25.6 Å². The first-order valence-electron chi connectivity index (χ1n) is 6.02. The lowest BCUT2D eigenvalue weighted by molar-refractivity contribution is 0.526. The van der Waals surface area contributed by atoms with Crippen LogP contribution in [0.4, 0.5) is 0 Å². The Kier molecular flexibility index (Phi) is 3.18. The van der Waals surface area contributed by atoms with Crippen LogP contribution >= 0.6 is 0 Å². The quantitative estimate of drug-likeness (QED) is 0.479. The minimum atomic E-state index is -0.103. The standard InChI is InChI=1S/C13H14N6/c14-18-12(13-16-8-17-19-13)7-9-5-6-15-11-4-2-1-3-10(9)11/h1-6,8,12,18H,7,14H2,(H,16,17,19). The maximum Gasteiger partial charge on any atom is 0.143 e. The van der Waals surface area contributed by atoms with Crippen molar-refractivity contribution < 1.29 is 0 Å². The molecule has 6 nitrogen and oxygen atoms in total. The number of para-hydroxylation sites is 1. The predicted octanol–water partition coefficient (Wildman–Crippen LogP) is 1.10. The normalized spacial score (nSPS) is 12.7. The van der Waals surface area contributed by atoms with Gasteiger partial charge in [0.2, 0.25) is 0 Å². The second-order valence-corrected chi connectivity index (χ2v) is 4.28. The third kappa shape index (κ3) is 2.31. The number of H-pyrrole nitrogens is 1. The third-order valence-corrected chi connectivity index (χ3v) is 3.13. The highest BCUT2D eigenvalue weighted by molar-refractivity contribution is 5.81. The molecular formula is C13H14N6. The minimum absolute atomic E-state index is 0.103. The van der Waals surface area contributed by atoms with Gasteiger partial charge in [0.15, 0.2) is 0 Å². The minimum Gasteiger partial charge on any atom is -0.271 e. The molecule has 0 bridgehead atoms. The molecule has 19 heavy (non-hydrogen) atoms. The summed E-state index contributed by atoms with van der Waals surface area (Å²) in [5.74, 6) is 6.33. The molecule has 0 amide bonds. The van der Waals surface area contributed by atoms with E-state index in [9.17, 15) is 0 Å². The molecule has 0 spiro atoms. The molecule has 4 N–H and O–H groups in total. The Bertz CT molecular complexity index is 658. The van der Waals surface area contributed by atoms with Crippen LogP contribution in [0.2, 0.25) is 0 Å². The van der Waals surface area contributed by atoms with E-state index in [0.717, 1.165) is 16.7 Å². The van der Waals surface area contributed by atoms with Crippen LogP contribution in [-0.2, 0) is 6.42 Å². The van der Waals surface area contributed by atoms with Gasteiger partial charge in [-0.3, -0.25) is 15.9 Å². The Balaban J connectivity index is 1.96. The molecule has 1 aromatic carbocycles. The first-order valence-corrected chi connectivity index (χ1v) is 6.02. The fourth-order valence-corrected chi connectivity index (χ4v) is 2.17. The monoisotopic (exact) mass is 254 g/mol. The summed E-state index contributed by atoms with van der Waals surface area (Å²) in [5, 5.41) is 7.82. The summed E-state index contributed by atoms with van der Waals surface area (Å²) >= 11 is 0. The van der Waals surface area contributed by atoms with E-state index in [0.29, 0.717) is 6.42 Å². The van der Waals surface area contributed by atoms with Gasteiger partial charge in [-0.05, 0) is 24.1 Å². The summed E-state index contributed by atoms with van der Waals surface area (Å²) in [7, 11) is 0. The fourth-order valence-electron chi connectivity index (χ4n) is 2.17. The molecule has 0 aliphatic rings. The first-order chi connectivity index (χ1) is 9.38. The van der Waals surface area contributed by atoms with Crippen molar-refractivity contribution in [3.63, 3.8) is 0 Å². The zero-order chi connectivity index (χ0) is 13.1. The van der Waals surface area contributed by atoms with E-state index in [1.165, 1.54) is 11.9 Å². The van der Waals surface area contributed by atoms with E-state index >= 15 is 0 Å². The molecule has 0 fully saturated rings. The molecule has 2 aromatic heterocycles. The van der Waals surface area contributed by atoms with Gasteiger partial charge in [0.05, 0.1) is 11.6 Å². The topological polar surface area (TPSA) is 92.5 Å². The lowest BCUT2D eigenvalue weighted by atomic mass is 10.0. The largest absolute Gasteiger partial charge is 0.271 e. The van der Waals surface area contributed by atoms with Gasteiger partial charge >= 0.3 is 0 Å². The summed E-state index contributed by atoms with van der Waals surface area (Å²) < 4.78 is 0. The van der Waals surface area contributed by atoms with Gasteiger partial charge in [-0.1, -0.05) is 18.2 Å². The highest BCUT2D eigenvalue weighted by Gasteiger charge is 2.14. The van der Waals surface area contributed by atoms with E-state index in [2.05, 4.69) is 31.7 Å². The number of hydrogen-bond donors (Lipinski definition) is 3. The summed E-state index contributed by atoms with van der Waals surface area (Å²) in [4.78, 5) is 8.49. The maximum absolute atomic E-state index is 5.60. The van der Waals surface area contributed by atoms with Crippen molar-refractivity contribution in [2.45, 2.75) is 12.5 Å². The number of nitrogens with zero attached hydrogens (tertiary/aromatic N) is 3. The van der Waals surface area contributed by atoms with Crippen molar-refractivity contribution in [2.24, 2.45) is 5.84 Å². The number of rotatable bonds is 4. The highest BCUT2D eigenvalue weighted by atomic mass is 15.3. The number of aromatic amines is 1. The molecule has 6 heteroatoms. The van der Waals surface area contributed by atoms with Crippen LogP contribution in [-0.4, -0.2) is 20.2 Å². The van der Waals surface area contributed by atoms with Crippen molar-refractivity contribution in [3.8, 4) is 0 Å². The number of nitrogens with one attached hydrogen (secondary N) is 2. The van der Waals surface area contributed by atoms with Gasteiger partial charge in [-0.25, -0.2) is 10.4 Å². The van der Waals surface area contributed by atoms with Gasteiger partial charge < -0.3 is 0 Å². The van der Waals surface area contributed by atoms with Crippen molar-refractivity contribution >= 4 is 10.9 Å². The van der Waals surface area contributed by atoms with Gasteiger partial charge in [0.25, 0.3) is 0 Å². The number of hydrogen-bond acceptors (Lipinski definition) is 5. The molecule has 2 heterocycles. The summed E-state index contributed by atoms with van der Waals surface area (Å²) in [5.41, 5.74) is 4.91. The molecule has 3 rings (SSSR count). The Labute approximate surface area is 110 Å². The molecular weight excluding hydrogens is 240 g/mol. The Morgan fingerprint density at radius 3 is 2.89 bits per heavy atom. The summed E-state index contributed by atoms with van der Waals surface area (Å²) in [6.45, 7) is 0. The van der Waals surface area contributed by atoms with Crippen molar-refractivity contribution in [2.75, 3.05) is 0 Å². The van der Waals surface area contributed by atoms with Gasteiger partial charge in [-0.15, -0.1) is 0 Å². The van der Waals surface area contributed by atoms with Crippen LogP contribution in [0.1, 0.15) is 17.4 Å². The van der Waals surface area contributed by atoms with Crippen molar-refractivity contribution in [1.29, 1.82) is 0 Å². The van der Waals surface area contributed by atoms with E-state index in [-0.39, 0.29) is 6.04 Å². The Morgan fingerprint density at radius 1 is 1.21 bits per heavy atom. The molecule has 0 saturated carbocycles. The number of pyridine rings is 1. The number of nitrogens with two attached hydrogens (primary N) is 1. The molecule has 3 aromatic rings. The van der Waals surface area contributed by atoms with Crippen LogP contribution in [0.15, 0.2) is 42.9 Å². The summed E-state index contributed by atoms with van der Waals surface area (Å²) in [6.07, 6.45) is 4.00. The van der Waals surface area contributed by atoms with E-state index < -0.39 is 0 Å². The second kappa shape index (κ2) is 5.13. The van der Waals surface area contributed by atoms with Crippen molar-refractivity contribution in [3.05, 3.63) is 54.2 Å². The van der Waals surface area contributed by atoms with Crippen LogP contribution in [0.5, 0.6) is 0 Å². The highest BCUT2D eigenvalue weighted by Crippen LogP contribution is 2.21. The van der Waals surface area contributed by atoms with E-state index in [4.69, 9.17) is 5.84 Å². The lowest BCUT2D eigenvalue weighted by Gasteiger charge is -2.14. The zero-order valence-corrected chi connectivity index (χ0v) is 10.2. The van der Waals surface area contributed by atoms with E-state index in [1.54, 1.807) is 0 Å². The smallest absolute Gasteiger partial charge is 0.143 e. The average Bonchev–Trinajstić information content (AvgIpc) is 2.99. The zero-order valence-electron chi connectivity index (χ0n) is 10.2. The lowest BCUT2D eigenvalue weighted by Crippen LogP contribution is -2.30. The van der Waals surface area contributed by atoms with Crippen LogP contribution in [0, 0.1) is 0 Å². The molecule has 0 aliphatic carbocycles. The van der Waals surface area contributed by atoms with Gasteiger partial charge in [-0.2, -0.15) is 5.10 Å². The van der Waals surface area contributed by atoms with Crippen LogP contribution in [0.25, 0.3) is 10.9 Å². The predicted molar refractivity (Wildman–Crippen MR) is 71.9 cm³/mol. The van der Waals surface area contributed by atoms with Gasteiger partial charge in [0, 0.05) is 11.6 Å². The Hall–Kier alpha value is -2.31. The number of hydrazine groups is 1. The maximum atomic E-state index is 5.60. The molecule has 96 valence electrons. The number of fused-ring (bicyclic) bond motifs is 1. The van der Waals surface area contributed by atoms with Crippen LogP contribution in [0.3, 0.4) is 0 Å². The van der Waals surface area contributed by atoms with E-state index in [1.807, 2.05) is 30.5 Å². The SMILES string of the molecule is NNC(Cc1ccnc2ccccc12)c1ncn[nH]1. The third-order valence-electron chi connectivity index (χ3n) is 3.13. The fraction of sp³-hybridized carbons (Fsp3) is 0.154. The average molecular weight is 254 g/mol. The van der Waals surface area contributed by atoms with Gasteiger partial charge in [0.1, 0.15) is 12.2 Å². The molecule has 1 unspecified atom stereocenters. The number of aromatic nitrogens is 4. The second-order valence-electron chi connectivity index (χ2n) is 4.28. The first kappa shape index (κ1) is 11.8. The molecule has 0 saturated heterocycles. The number of benzene rings is 1. The van der Waals surface area contributed by atoms with Crippen LogP contribution < -0.4 is 11.3 Å².